The minimum Gasteiger partial charge on any atom is -0.383 e. The largest absolute Gasteiger partial charge is 0.383 e. The van der Waals surface area contributed by atoms with Crippen LogP contribution in [-0.4, -0.2) is 75.8 Å². The van der Waals surface area contributed by atoms with Gasteiger partial charge in [0.15, 0.2) is 5.96 Å². The van der Waals surface area contributed by atoms with Crippen LogP contribution < -0.4 is 15.5 Å². The van der Waals surface area contributed by atoms with Crippen molar-refractivity contribution in [3.8, 4) is 0 Å². The fourth-order valence-corrected chi connectivity index (χ4v) is 2.94. The third kappa shape index (κ3) is 6.22. The molecule has 1 aliphatic rings. The SMILES string of the molecule is CCNC(=NCC(=O)N1CCN(c2ccccc2)CC1)NC(C)COC. The van der Waals surface area contributed by atoms with Crippen LogP contribution in [0, 0.1) is 0 Å². The van der Waals surface area contributed by atoms with Gasteiger partial charge in [0.1, 0.15) is 6.54 Å². The molecular formula is C19H31N5O2. The van der Waals surface area contributed by atoms with Crippen molar-refractivity contribution in [3.63, 3.8) is 0 Å². The fraction of sp³-hybridized carbons (Fsp3) is 0.579. The van der Waals surface area contributed by atoms with Crippen LogP contribution in [-0.2, 0) is 9.53 Å². The lowest BCUT2D eigenvalue weighted by Crippen LogP contribution is -2.50. The monoisotopic (exact) mass is 361 g/mol. The van der Waals surface area contributed by atoms with Crippen molar-refractivity contribution < 1.29 is 9.53 Å². The standard InChI is InChI=1S/C19H31N5O2/c1-4-20-19(22-16(2)15-26-3)21-14-18(25)24-12-10-23(11-13-24)17-8-6-5-7-9-17/h5-9,16H,4,10-15H2,1-3H3,(H2,20,21,22). The van der Waals surface area contributed by atoms with Crippen molar-refractivity contribution in [3.05, 3.63) is 30.3 Å². The summed E-state index contributed by atoms with van der Waals surface area (Å²) in [6.45, 7) is 8.66. The quantitative estimate of drug-likeness (QED) is 0.558. The first-order valence-corrected chi connectivity index (χ1v) is 9.25. The molecule has 144 valence electrons. The molecule has 1 heterocycles. The minimum absolute atomic E-state index is 0.0642. The second-order valence-corrected chi connectivity index (χ2v) is 6.40. The number of methoxy groups -OCH3 is 1. The number of rotatable bonds is 7. The number of hydrogen-bond acceptors (Lipinski definition) is 4. The van der Waals surface area contributed by atoms with Gasteiger partial charge in [-0.3, -0.25) is 4.79 Å². The molecule has 1 unspecified atom stereocenters. The highest BCUT2D eigenvalue weighted by atomic mass is 16.5. The molecular weight excluding hydrogens is 330 g/mol. The average Bonchev–Trinajstić information content (AvgIpc) is 2.67. The minimum atomic E-state index is 0.0642. The zero-order valence-electron chi connectivity index (χ0n) is 16.1. The van der Waals surface area contributed by atoms with Gasteiger partial charge in [0.2, 0.25) is 5.91 Å². The summed E-state index contributed by atoms with van der Waals surface area (Å²) in [5.74, 6) is 0.711. The van der Waals surface area contributed by atoms with Crippen LogP contribution in [0.15, 0.2) is 35.3 Å². The van der Waals surface area contributed by atoms with Gasteiger partial charge in [0, 0.05) is 51.6 Å². The molecule has 0 saturated carbocycles. The molecule has 1 aromatic rings. The van der Waals surface area contributed by atoms with Crippen LogP contribution in [0.2, 0.25) is 0 Å². The number of carbonyl (C=O) groups excluding carboxylic acids is 1. The maximum absolute atomic E-state index is 12.5. The molecule has 1 aliphatic heterocycles. The molecule has 1 aromatic carbocycles. The Morgan fingerprint density at radius 3 is 2.54 bits per heavy atom. The van der Waals surface area contributed by atoms with E-state index in [0.29, 0.717) is 12.6 Å². The van der Waals surface area contributed by atoms with E-state index in [4.69, 9.17) is 4.74 Å². The normalized spacial score (nSPS) is 16.3. The van der Waals surface area contributed by atoms with Gasteiger partial charge in [-0.15, -0.1) is 0 Å². The summed E-state index contributed by atoms with van der Waals surface area (Å²) >= 11 is 0. The Bertz CT molecular complexity index is 571. The Morgan fingerprint density at radius 2 is 1.92 bits per heavy atom. The molecule has 0 bridgehead atoms. The second-order valence-electron chi connectivity index (χ2n) is 6.40. The van der Waals surface area contributed by atoms with E-state index in [0.717, 1.165) is 32.7 Å². The number of piperazine rings is 1. The van der Waals surface area contributed by atoms with E-state index in [1.165, 1.54) is 5.69 Å². The van der Waals surface area contributed by atoms with E-state index in [1.54, 1.807) is 7.11 Å². The summed E-state index contributed by atoms with van der Waals surface area (Å²) in [5.41, 5.74) is 1.21. The van der Waals surface area contributed by atoms with Crippen molar-refractivity contribution in [1.82, 2.24) is 15.5 Å². The lowest BCUT2D eigenvalue weighted by Gasteiger charge is -2.36. The van der Waals surface area contributed by atoms with Gasteiger partial charge in [-0.25, -0.2) is 4.99 Å². The van der Waals surface area contributed by atoms with Crippen LogP contribution in [0.5, 0.6) is 0 Å². The zero-order valence-corrected chi connectivity index (χ0v) is 16.1. The Kier molecular flexibility index (Phi) is 8.21. The highest BCUT2D eigenvalue weighted by molar-refractivity contribution is 5.85. The van der Waals surface area contributed by atoms with Gasteiger partial charge in [-0.2, -0.15) is 0 Å². The van der Waals surface area contributed by atoms with Crippen LogP contribution in [0.25, 0.3) is 0 Å². The molecule has 26 heavy (non-hydrogen) atoms. The summed E-state index contributed by atoms with van der Waals surface area (Å²) in [5, 5.41) is 6.40. The number of benzene rings is 1. The maximum atomic E-state index is 12.5. The molecule has 1 saturated heterocycles. The van der Waals surface area contributed by atoms with Crippen LogP contribution in [0.1, 0.15) is 13.8 Å². The first kappa shape index (κ1) is 20.0. The van der Waals surface area contributed by atoms with Crippen molar-refractivity contribution in [2.45, 2.75) is 19.9 Å². The number of anilines is 1. The molecule has 1 atom stereocenters. The van der Waals surface area contributed by atoms with E-state index in [9.17, 15) is 4.79 Å². The number of aliphatic imine (C=N–C) groups is 1. The van der Waals surface area contributed by atoms with Gasteiger partial charge < -0.3 is 25.2 Å². The summed E-state index contributed by atoms with van der Waals surface area (Å²) in [4.78, 5) is 21.1. The molecule has 1 amide bonds. The van der Waals surface area contributed by atoms with Gasteiger partial charge in [-0.05, 0) is 26.0 Å². The van der Waals surface area contributed by atoms with Crippen LogP contribution in [0.4, 0.5) is 5.69 Å². The van der Waals surface area contributed by atoms with Crippen molar-refractivity contribution >= 4 is 17.6 Å². The highest BCUT2D eigenvalue weighted by Crippen LogP contribution is 2.15. The molecule has 0 spiro atoms. The number of hydrogen-bond donors (Lipinski definition) is 2. The van der Waals surface area contributed by atoms with E-state index in [2.05, 4.69) is 32.7 Å². The Labute approximate surface area is 156 Å². The summed E-state index contributed by atoms with van der Waals surface area (Å²) in [7, 11) is 1.67. The van der Waals surface area contributed by atoms with Crippen LogP contribution >= 0.6 is 0 Å². The molecule has 7 nitrogen and oxygen atoms in total. The molecule has 2 rings (SSSR count). The number of guanidine groups is 1. The number of carbonyl (C=O) groups is 1. The summed E-state index contributed by atoms with van der Waals surface area (Å²) in [6.07, 6.45) is 0. The summed E-state index contributed by atoms with van der Waals surface area (Å²) in [6, 6.07) is 10.4. The average molecular weight is 361 g/mol. The number of ether oxygens (including phenoxy) is 1. The highest BCUT2D eigenvalue weighted by Gasteiger charge is 2.21. The van der Waals surface area contributed by atoms with E-state index in [1.807, 2.05) is 36.9 Å². The van der Waals surface area contributed by atoms with Gasteiger partial charge in [0.25, 0.3) is 0 Å². The van der Waals surface area contributed by atoms with E-state index >= 15 is 0 Å². The predicted octanol–water partition coefficient (Wildman–Crippen LogP) is 0.925. The van der Waals surface area contributed by atoms with Crippen LogP contribution in [0.3, 0.4) is 0 Å². The van der Waals surface area contributed by atoms with Gasteiger partial charge in [0.05, 0.1) is 6.61 Å². The molecule has 1 fully saturated rings. The molecule has 7 heteroatoms. The Morgan fingerprint density at radius 1 is 1.23 bits per heavy atom. The molecule has 0 radical (unpaired) electrons. The molecule has 2 N–H and O–H groups in total. The van der Waals surface area contributed by atoms with Gasteiger partial charge in [-0.1, -0.05) is 18.2 Å². The van der Waals surface area contributed by atoms with Crippen molar-refractivity contribution in [1.29, 1.82) is 0 Å². The number of nitrogens with one attached hydrogen (secondary N) is 2. The third-order valence-electron chi connectivity index (χ3n) is 4.27. The second kappa shape index (κ2) is 10.7. The van der Waals surface area contributed by atoms with Crippen molar-refractivity contribution in [2.75, 3.05) is 57.9 Å². The lowest BCUT2D eigenvalue weighted by molar-refractivity contribution is -0.129. The molecule has 0 aliphatic carbocycles. The lowest BCUT2D eigenvalue weighted by atomic mass is 10.2. The number of para-hydroxylation sites is 1. The first-order chi connectivity index (χ1) is 12.6. The van der Waals surface area contributed by atoms with E-state index in [-0.39, 0.29) is 18.5 Å². The fourth-order valence-electron chi connectivity index (χ4n) is 2.94. The topological polar surface area (TPSA) is 69.2 Å². The number of nitrogens with zero attached hydrogens (tertiary/aromatic N) is 3. The number of amides is 1. The zero-order chi connectivity index (χ0) is 18.8. The van der Waals surface area contributed by atoms with E-state index < -0.39 is 0 Å². The maximum Gasteiger partial charge on any atom is 0.244 e. The summed E-state index contributed by atoms with van der Waals surface area (Å²) < 4.78 is 5.12. The Hall–Kier alpha value is -2.28. The third-order valence-corrected chi connectivity index (χ3v) is 4.27. The first-order valence-electron chi connectivity index (χ1n) is 9.25. The predicted molar refractivity (Wildman–Crippen MR) is 106 cm³/mol. The van der Waals surface area contributed by atoms with Crippen molar-refractivity contribution in [2.24, 2.45) is 4.99 Å². The molecule has 0 aromatic heterocycles. The van der Waals surface area contributed by atoms with Gasteiger partial charge >= 0.3 is 0 Å². The smallest absolute Gasteiger partial charge is 0.244 e. The Balaban J connectivity index is 1.83.